The zero-order valence-electron chi connectivity index (χ0n) is 11.3. The maximum absolute atomic E-state index is 11.0. The molecule has 1 aromatic heterocycles. The van der Waals surface area contributed by atoms with E-state index in [4.69, 9.17) is 5.73 Å². The summed E-state index contributed by atoms with van der Waals surface area (Å²) < 4.78 is 0. The van der Waals surface area contributed by atoms with Gasteiger partial charge >= 0.3 is 5.69 Å². The SMILES string of the molecule is Cc1cnc(N(C)CC(C)(C)CN)c([N+](=O)[O-])c1. The van der Waals surface area contributed by atoms with Crippen molar-refractivity contribution < 1.29 is 4.92 Å². The third kappa shape index (κ3) is 3.40. The quantitative estimate of drug-likeness (QED) is 0.637. The number of rotatable bonds is 5. The molecule has 100 valence electrons. The minimum Gasteiger partial charge on any atom is -0.353 e. The second-order valence-electron chi connectivity index (χ2n) is 5.34. The Labute approximate surface area is 107 Å². The van der Waals surface area contributed by atoms with Gasteiger partial charge in [-0.05, 0) is 24.4 Å². The van der Waals surface area contributed by atoms with Gasteiger partial charge in [0.25, 0.3) is 0 Å². The molecule has 0 saturated heterocycles. The van der Waals surface area contributed by atoms with Gasteiger partial charge in [0.2, 0.25) is 5.82 Å². The fraction of sp³-hybridized carbons (Fsp3) is 0.583. The molecule has 6 heteroatoms. The van der Waals surface area contributed by atoms with Gasteiger partial charge in [0.05, 0.1) is 4.92 Å². The molecule has 0 amide bonds. The molecule has 0 fully saturated rings. The van der Waals surface area contributed by atoms with Gasteiger partial charge in [-0.3, -0.25) is 10.1 Å². The van der Waals surface area contributed by atoms with Crippen molar-refractivity contribution in [3.05, 3.63) is 27.9 Å². The highest BCUT2D eigenvalue weighted by molar-refractivity contribution is 5.58. The fourth-order valence-electron chi connectivity index (χ4n) is 1.76. The predicted molar refractivity (Wildman–Crippen MR) is 71.7 cm³/mol. The number of hydrogen-bond donors (Lipinski definition) is 1. The van der Waals surface area contributed by atoms with E-state index in [9.17, 15) is 10.1 Å². The molecule has 1 rings (SSSR count). The Morgan fingerprint density at radius 2 is 2.17 bits per heavy atom. The van der Waals surface area contributed by atoms with Gasteiger partial charge in [-0.25, -0.2) is 4.98 Å². The highest BCUT2D eigenvalue weighted by Crippen LogP contribution is 2.27. The lowest BCUT2D eigenvalue weighted by molar-refractivity contribution is -0.384. The van der Waals surface area contributed by atoms with Crippen LogP contribution in [0.25, 0.3) is 0 Å². The first-order valence-electron chi connectivity index (χ1n) is 5.79. The first-order chi connectivity index (χ1) is 8.26. The molecular weight excluding hydrogens is 232 g/mol. The number of aryl methyl sites for hydroxylation is 1. The minimum atomic E-state index is -0.402. The molecule has 1 aromatic rings. The molecule has 0 aliphatic rings. The minimum absolute atomic E-state index is 0.0327. The third-order valence-corrected chi connectivity index (χ3v) is 2.76. The van der Waals surface area contributed by atoms with E-state index >= 15 is 0 Å². The maximum atomic E-state index is 11.0. The summed E-state index contributed by atoms with van der Waals surface area (Å²) in [7, 11) is 1.79. The topological polar surface area (TPSA) is 85.3 Å². The summed E-state index contributed by atoms with van der Waals surface area (Å²) in [6, 6.07) is 1.54. The zero-order valence-corrected chi connectivity index (χ0v) is 11.3. The summed E-state index contributed by atoms with van der Waals surface area (Å²) in [5.74, 6) is 0.382. The van der Waals surface area contributed by atoms with Crippen LogP contribution in [0.5, 0.6) is 0 Å². The molecule has 0 aliphatic heterocycles. The molecule has 0 aliphatic carbocycles. The number of hydrogen-bond acceptors (Lipinski definition) is 5. The molecule has 0 saturated carbocycles. The molecule has 0 bridgehead atoms. The van der Waals surface area contributed by atoms with Crippen molar-refractivity contribution in [3.63, 3.8) is 0 Å². The predicted octanol–water partition coefficient (Wildman–Crippen LogP) is 1.72. The van der Waals surface area contributed by atoms with Crippen LogP contribution >= 0.6 is 0 Å². The highest BCUT2D eigenvalue weighted by atomic mass is 16.6. The number of anilines is 1. The van der Waals surface area contributed by atoms with Crippen LogP contribution in [0.3, 0.4) is 0 Å². The lowest BCUT2D eigenvalue weighted by atomic mass is 9.93. The molecule has 6 nitrogen and oxygen atoms in total. The van der Waals surface area contributed by atoms with Crippen LogP contribution in [-0.2, 0) is 0 Å². The molecule has 0 spiro atoms. The molecule has 18 heavy (non-hydrogen) atoms. The Kier molecular flexibility index (Phi) is 4.24. The highest BCUT2D eigenvalue weighted by Gasteiger charge is 2.24. The van der Waals surface area contributed by atoms with Crippen LogP contribution < -0.4 is 10.6 Å². The largest absolute Gasteiger partial charge is 0.353 e. The number of aromatic nitrogens is 1. The Morgan fingerprint density at radius 1 is 1.56 bits per heavy atom. The Balaban J connectivity index is 3.05. The van der Waals surface area contributed by atoms with Gasteiger partial charge in [-0.15, -0.1) is 0 Å². The molecule has 2 N–H and O–H groups in total. The number of nitrogens with two attached hydrogens (primary N) is 1. The first-order valence-corrected chi connectivity index (χ1v) is 5.79. The van der Waals surface area contributed by atoms with Gasteiger partial charge in [-0.2, -0.15) is 0 Å². The Hall–Kier alpha value is -1.69. The average molecular weight is 252 g/mol. The van der Waals surface area contributed by atoms with E-state index in [1.165, 1.54) is 6.07 Å². The van der Waals surface area contributed by atoms with Gasteiger partial charge in [-0.1, -0.05) is 13.8 Å². The zero-order chi connectivity index (χ0) is 13.9. The van der Waals surface area contributed by atoms with E-state index in [-0.39, 0.29) is 11.1 Å². The van der Waals surface area contributed by atoms with E-state index in [2.05, 4.69) is 4.98 Å². The molecule has 0 radical (unpaired) electrons. The van der Waals surface area contributed by atoms with Crippen LogP contribution in [0.4, 0.5) is 11.5 Å². The van der Waals surface area contributed by atoms with Crippen LogP contribution in [-0.4, -0.2) is 30.0 Å². The first kappa shape index (κ1) is 14.4. The Bertz CT molecular complexity index is 446. The van der Waals surface area contributed by atoms with Crippen molar-refractivity contribution >= 4 is 11.5 Å². The van der Waals surface area contributed by atoms with Crippen molar-refractivity contribution in [2.24, 2.45) is 11.1 Å². The van der Waals surface area contributed by atoms with Crippen LogP contribution in [0.1, 0.15) is 19.4 Å². The van der Waals surface area contributed by atoms with E-state index in [0.29, 0.717) is 18.9 Å². The summed E-state index contributed by atoms with van der Waals surface area (Å²) >= 11 is 0. The molecular formula is C12H20N4O2. The molecule has 1 heterocycles. The second-order valence-corrected chi connectivity index (χ2v) is 5.34. The lowest BCUT2D eigenvalue weighted by Gasteiger charge is -2.29. The molecule has 0 unspecified atom stereocenters. The monoisotopic (exact) mass is 252 g/mol. The van der Waals surface area contributed by atoms with Crippen molar-refractivity contribution in [2.45, 2.75) is 20.8 Å². The summed E-state index contributed by atoms with van der Waals surface area (Å²) in [5, 5.41) is 11.0. The van der Waals surface area contributed by atoms with Gasteiger partial charge in [0.1, 0.15) is 0 Å². The van der Waals surface area contributed by atoms with Gasteiger partial charge < -0.3 is 10.6 Å². The number of nitrogens with zero attached hydrogens (tertiary/aromatic N) is 3. The molecule has 0 atom stereocenters. The van der Waals surface area contributed by atoms with Crippen LogP contribution in [0.2, 0.25) is 0 Å². The van der Waals surface area contributed by atoms with E-state index < -0.39 is 4.92 Å². The summed E-state index contributed by atoms with van der Waals surface area (Å²) in [6.07, 6.45) is 1.63. The normalized spacial score (nSPS) is 11.4. The van der Waals surface area contributed by atoms with Crippen molar-refractivity contribution in [3.8, 4) is 0 Å². The van der Waals surface area contributed by atoms with Gasteiger partial charge in [0, 0.05) is 25.9 Å². The lowest BCUT2D eigenvalue weighted by Crippen LogP contribution is -2.37. The summed E-state index contributed by atoms with van der Waals surface area (Å²) in [4.78, 5) is 16.6. The average Bonchev–Trinajstić information content (AvgIpc) is 2.28. The van der Waals surface area contributed by atoms with E-state index in [1.807, 2.05) is 13.8 Å². The van der Waals surface area contributed by atoms with E-state index in [0.717, 1.165) is 5.56 Å². The second kappa shape index (κ2) is 5.30. The van der Waals surface area contributed by atoms with Crippen molar-refractivity contribution in [1.29, 1.82) is 0 Å². The van der Waals surface area contributed by atoms with Gasteiger partial charge in [0.15, 0.2) is 0 Å². The summed E-state index contributed by atoms with van der Waals surface area (Å²) in [6.45, 7) is 6.94. The van der Waals surface area contributed by atoms with Crippen molar-refractivity contribution in [1.82, 2.24) is 4.98 Å². The van der Waals surface area contributed by atoms with Crippen molar-refractivity contribution in [2.75, 3.05) is 25.0 Å². The molecule has 0 aromatic carbocycles. The summed E-state index contributed by atoms with van der Waals surface area (Å²) in [5.41, 5.74) is 6.37. The standard InChI is InChI=1S/C12H20N4O2/c1-9-5-10(16(17)18)11(14-6-9)15(4)8-12(2,3)7-13/h5-6H,7-8,13H2,1-4H3. The Morgan fingerprint density at radius 3 is 2.67 bits per heavy atom. The fourth-order valence-corrected chi connectivity index (χ4v) is 1.76. The van der Waals surface area contributed by atoms with E-state index in [1.54, 1.807) is 25.1 Å². The number of nitro groups is 1. The smallest absolute Gasteiger partial charge is 0.311 e. The van der Waals surface area contributed by atoms with Crippen LogP contribution in [0.15, 0.2) is 12.3 Å². The number of pyridine rings is 1. The maximum Gasteiger partial charge on any atom is 0.311 e. The third-order valence-electron chi connectivity index (χ3n) is 2.76. The van der Waals surface area contributed by atoms with Crippen LogP contribution in [0, 0.1) is 22.5 Å².